The van der Waals surface area contributed by atoms with Gasteiger partial charge in [0.2, 0.25) is 0 Å². The van der Waals surface area contributed by atoms with Gasteiger partial charge in [-0.15, -0.1) is 0 Å². The van der Waals surface area contributed by atoms with Crippen molar-refractivity contribution in [2.75, 3.05) is 14.2 Å². The molecule has 0 N–H and O–H groups in total. The molecule has 0 unspecified atom stereocenters. The van der Waals surface area contributed by atoms with Crippen molar-refractivity contribution in [1.29, 1.82) is 0 Å². The molecule has 0 aliphatic carbocycles. The summed E-state index contributed by atoms with van der Waals surface area (Å²) in [7, 11) is 2.67. The Morgan fingerprint density at radius 3 is 1.46 bits per heavy atom. The van der Waals surface area contributed by atoms with Crippen LogP contribution in [0.4, 0.5) is 0 Å². The first-order chi connectivity index (χ1) is 11.5. The maximum Gasteiger partial charge on any atom is 0.337 e. The molecule has 0 aliphatic rings. The minimum absolute atomic E-state index is 0.405. The first kappa shape index (κ1) is 17.6. The molecule has 126 valence electrons. The Hall–Kier alpha value is -2.76. The summed E-state index contributed by atoms with van der Waals surface area (Å²) in [5.74, 6) is -0.874. The van der Waals surface area contributed by atoms with Gasteiger partial charge in [0.05, 0.1) is 36.7 Å². The molecular weight excluding hydrogens is 308 g/mol. The van der Waals surface area contributed by atoms with Crippen molar-refractivity contribution in [3.63, 3.8) is 0 Å². The molecule has 0 amide bonds. The van der Waals surface area contributed by atoms with E-state index in [9.17, 15) is 9.59 Å². The Balaban J connectivity index is 2.61. The quantitative estimate of drug-likeness (QED) is 0.785. The third-order valence-corrected chi connectivity index (χ3v) is 3.59. The van der Waals surface area contributed by atoms with Gasteiger partial charge in [0, 0.05) is 11.4 Å². The van der Waals surface area contributed by atoms with E-state index >= 15 is 0 Å². The van der Waals surface area contributed by atoms with Crippen LogP contribution < -0.4 is 0 Å². The van der Waals surface area contributed by atoms with Crippen LogP contribution in [-0.2, 0) is 22.3 Å². The molecule has 0 aliphatic heterocycles. The van der Waals surface area contributed by atoms with Gasteiger partial charge in [-0.25, -0.2) is 9.59 Å². The fraction of sp³-hybridized carbons (Fsp3) is 0.333. The second-order valence-corrected chi connectivity index (χ2v) is 5.16. The second-order valence-electron chi connectivity index (χ2n) is 5.16. The van der Waals surface area contributed by atoms with Crippen molar-refractivity contribution >= 4 is 11.9 Å². The summed E-state index contributed by atoms with van der Waals surface area (Å²) in [4.78, 5) is 32.8. The normalized spacial score (nSPS) is 10.3. The zero-order valence-corrected chi connectivity index (χ0v) is 14.3. The molecule has 24 heavy (non-hydrogen) atoms. The molecule has 0 atom stereocenters. The third-order valence-electron chi connectivity index (χ3n) is 3.59. The highest BCUT2D eigenvalue weighted by Crippen LogP contribution is 2.21. The van der Waals surface area contributed by atoms with E-state index < -0.39 is 11.9 Å². The summed E-state index contributed by atoms with van der Waals surface area (Å²) in [5, 5.41) is 0. The molecule has 6 heteroatoms. The molecule has 2 rings (SSSR count). The number of carbonyl (C=O) groups excluding carboxylic acids is 2. The zero-order valence-electron chi connectivity index (χ0n) is 14.3. The maximum atomic E-state index is 11.9. The van der Waals surface area contributed by atoms with E-state index in [0.717, 1.165) is 11.4 Å². The summed E-state index contributed by atoms with van der Waals surface area (Å²) in [5.41, 5.74) is 3.35. The number of aryl methyl sites for hydroxylation is 2. The number of methoxy groups -OCH3 is 2. The van der Waals surface area contributed by atoms with Gasteiger partial charge >= 0.3 is 11.9 Å². The molecule has 0 spiro atoms. The number of hydrogen-bond donors (Lipinski definition) is 0. The molecule has 2 heterocycles. The van der Waals surface area contributed by atoms with Crippen LogP contribution in [0.2, 0.25) is 0 Å². The summed E-state index contributed by atoms with van der Waals surface area (Å²) < 4.78 is 9.58. The smallest absolute Gasteiger partial charge is 0.337 e. The predicted molar refractivity (Wildman–Crippen MR) is 88.9 cm³/mol. The number of aromatic nitrogens is 2. The van der Waals surface area contributed by atoms with Crippen LogP contribution in [0.15, 0.2) is 24.3 Å². The third kappa shape index (κ3) is 3.76. The number of ether oxygens (including phenoxy) is 2. The minimum atomic E-state index is -0.437. The van der Waals surface area contributed by atoms with Crippen molar-refractivity contribution < 1.29 is 19.1 Å². The fourth-order valence-corrected chi connectivity index (χ4v) is 2.27. The van der Waals surface area contributed by atoms with E-state index in [-0.39, 0.29) is 0 Å². The average molecular weight is 328 g/mol. The van der Waals surface area contributed by atoms with Crippen LogP contribution in [-0.4, -0.2) is 36.1 Å². The lowest BCUT2D eigenvalue weighted by Gasteiger charge is -2.09. The van der Waals surface area contributed by atoms with Crippen molar-refractivity contribution in [1.82, 2.24) is 9.97 Å². The van der Waals surface area contributed by atoms with Crippen molar-refractivity contribution in [2.45, 2.75) is 26.7 Å². The van der Waals surface area contributed by atoms with E-state index in [4.69, 9.17) is 9.47 Å². The first-order valence-corrected chi connectivity index (χ1v) is 7.71. The highest BCUT2D eigenvalue weighted by molar-refractivity contribution is 5.92. The van der Waals surface area contributed by atoms with Gasteiger partial charge in [0.25, 0.3) is 0 Å². The van der Waals surface area contributed by atoms with E-state index in [1.54, 1.807) is 24.3 Å². The summed E-state index contributed by atoms with van der Waals surface area (Å²) in [6, 6.07) is 6.63. The second kappa shape index (κ2) is 7.68. The van der Waals surface area contributed by atoms with Gasteiger partial charge in [-0.2, -0.15) is 0 Å². The van der Waals surface area contributed by atoms with Crippen molar-refractivity contribution in [3.8, 4) is 11.4 Å². The molecule has 6 nitrogen and oxygen atoms in total. The van der Waals surface area contributed by atoms with E-state index in [1.165, 1.54) is 14.2 Å². The molecule has 0 aromatic carbocycles. The highest BCUT2D eigenvalue weighted by Gasteiger charge is 2.15. The fourth-order valence-electron chi connectivity index (χ4n) is 2.27. The monoisotopic (exact) mass is 328 g/mol. The lowest BCUT2D eigenvalue weighted by molar-refractivity contribution is 0.0591. The molecule has 2 aromatic heterocycles. The van der Waals surface area contributed by atoms with Gasteiger partial charge in [-0.05, 0) is 37.1 Å². The van der Waals surface area contributed by atoms with Gasteiger partial charge < -0.3 is 9.47 Å². The molecule has 2 aromatic rings. The van der Waals surface area contributed by atoms with Crippen LogP contribution in [0.1, 0.15) is 46.0 Å². The number of esters is 2. The van der Waals surface area contributed by atoms with E-state index in [0.29, 0.717) is 35.4 Å². The summed E-state index contributed by atoms with van der Waals surface area (Å²) >= 11 is 0. The number of nitrogens with zero attached hydrogens (tertiary/aromatic N) is 2. The number of carbonyl (C=O) groups is 2. The number of hydrogen-bond acceptors (Lipinski definition) is 6. The van der Waals surface area contributed by atoms with Gasteiger partial charge in [0.1, 0.15) is 0 Å². The molecule has 0 saturated carbocycles. The van der Waals surface area contributed by atoms with Gasteiger partial charge in [-0.1, -0.05) is 13.8 Å². The Morgan fingerprint density at radius 2 is 1.17 bits per heavy atom. The molecular formula is C18H20N2O4. The highest BCUT2D eigenvalue weighted by atomic mass is 16.5. The Labute approximate surface area is 140 Å². The average Bonchev–Trinajstić information content (AvgIpc) is 2.65. The number of pyridine rings is 2. The summed E-state index contributed by atoms with van der Waals surface area (Å²) in [6.45, 7) is 3.89. The SMILES string of the molecule is CCc1cc(C(=O)OC)cc(-c2cc(C(=O)OC)cc(CC)n2)n1. The van der Waals surface area contributed by atoms with E-state index in [1.807, 2.05) is 13.8 Å². The lowest BCUT2D eigenvalue weighted by Crippen LogP contribution is -2.07. The molecule has 0 radical (unpaired) electrons. The molecule has 0 bridgehead atoms. The predicted octanol–water partition coefficient (Wildman–Crippen LogP) is 2.84. The minimum Gasteiger partial charge on any atom is -0.465 e. The molecule has 0 saturated heterocycles. The van der Waals surface area contributed by atoms with Crippen LogP contribution in [0.25, 0.3) is 11.4 Å². The maximum absolute atomic E-state index is 11.9. The van der Waals surface area contributed by atoms with Crippen molar-refractivity contribution in [2.24, 2.45) is 0 Å². The Morgan fingerprint density at radius 1 is 0.792 bits per heavy atom. The lowest BCUT2D eigenvalue weighted by atomic mass is 10.1. The number of rotatable bonds is 5. The van der Waals surface area contributed by atoms with Crippen LogP contribution in [0.5, 0.6) is 0 Å². The van der Waals surface area contributed by atoms with Gasteiger partial charge in [-0.3, -0.25) is 9.97 Å². The van der Waals surface area contributed by atoms with Crippen LogP contribution in [0, 0.1) is 0 Å². The van der Waals surface area contributed by atoms with E-state index in [2.05, 4.69) is 9.97 Å². The van der Waals surface area contributed by atoms with Crippen LogP contribution in [0.3, 0.4) is 0 Å². The summed E-state index contributed by atoms with van der Waals surface area (Å²) in [6.07, 6.45) is 1.32. The topological polar surface area (TPSA) is 78.4 Å². The van der Waals surface area contributed by atoms with Crippen LogP contribution >= 0.6 is 0 Å². The molecule has 0 fully saturated rings. The Kier molecular flexibility index (Phi) is 5.63. The van der Waals surface area contributed by atoms with Crippen molar-refractivity contribution in [3.05, 3.63) is 46.8 Å². The Bertz CT molecular complexity index is 706. The first-order valence-electron chi connectivity index (χ1n) is 7.71. The van der Waals surface area contributed by atoms with Gasteiger partial charge in [0.15, 0.2) is 0 Å². The largest absolute Gasteiger partial charge is 0.465 e. The zero-order chi connectivity index (χ0) is 17.7. The standard InChI is InChI=1S/C18H20N2O4/c1-5-13-7-11(17(21)23-3)9-15(19-13)16-10-12(18(22)24-4)8-14(6-2)20-16/h7-10H,5-6H2,1-4H3.